The van der Waals surface area contributed by atoms with Crippen molar-refractivity contribution in [2.45, 2.75) is 38.7 Å². The number of aliphatic hydroxyl groups excluding tert-OH is 1. The number of nitrogens with zero attached hydrogens (tertiary/aromatic N) is 6. The molecule has 0 unspecified atom stereocenters. The zero-order valence-corrected chi connectivity index (χ0v) is 18.5. The zero-order valence-electron chi connectivity index (χ0n) is 18.5. The van der Waals surface area contributed by atoms with Crippen LogP contribution >= 0.6 is 0 Å². The van der Waals surface area contributed by atoms with Crippen LogP contribution in [0.15, 0.2) is 41.9 Å². The number of rotatable bonds is 5. The van der Waals surface area contributed by atoms with Crippen LogP contribution in [0.2, 0.25) is 0 Å². The molecule has 1 N–H and O–H groups in total. The SMILES string of the molecule is CC1=C(N2CCC3(CCN(C[C@@H](O)c4ccccc4-n4cnnn4)CC3)CC2)COC1=O. The molecule has 0 bridgehead atoms. The quantitative estimate of drug-likeness (QED) is 0.705. The summed E-state index contributed by atoms with van der Waals surface area (Å²) in [7, 11) is 0. The Labute approximate surface area is 187 Å². The Morgan fingerprint density at radius 2 is 1.84 bits per heavy atom. The number of likely N-dealkylation sites (tertiary alicyclic amines) is 2. The second-order valence-electron chi connectivity index (χ2n) is 9.26. The van der Waals surface area contributed by atoms with Crippen molar-refractivity contribution in [3.05, 3.63) is 47.4 Å². The summed E-state index contributed by atoms with van der Waals surface area (Å²) in [6.07, 6.45) is 5.55. The molecule has 1 atom stereocenters. The average molecular weight is 439 g/mol. The summed E-state index contributed by atoms with van der Waals surface area (Å²) >= 11 is 0. The van der Waals surface area contributed by atoms with Crippen LogP contribution in [0.25, 0.3) is 5.69 Å². The van der Waals surface area contributed by atoms with Gasteiger partial charge >= 0.3 is 5.97 Å². The number of aliphatic hydroxyl groups is 1. The summed E-state index contributed by atoms with van der Waals surface area (Å²) in [4.78, 5) is 16.4. The van der Waals surface area contributed by atoms with E-state index in [2.05, 4.69) is 25.3 Å². The second-order valence-corrected chi connectivity index (χ2v) is 9.26. The lowest BCUT2D eigenvalue weighted by Crippen LogP contribution is -2.47. The minimum atomic E-state index is -0.596. The number of carbonyl (C=O) groups is 1. The first-order valence-electron chi connectivity index (χ1n) is 11.4. The van der Waals surface area contributed by atoms with Crippen LogP contribution in [0, 0.1) is 5.41 Å². The predicted octanol–water partition coefficient (Wildman–Crippen LogP) is 1.70. The molecule has 0 saturated carbocycles. The highest BCUT2D eigenvalue weighted by molar-refractivity contribution is 5.90. The molecule has 5 rings (SSSR count). The molecule has 0 radical (unpaired) electrons. The summed E-state index contributed by atoms with van der Waals surface area (Å²) < 4.78 is 6.78. The molecular formula is C23H30N6O3. The van der Waals surface area contributed by atoms with Gasteiger partial charge in [0.1, 0.15) is 12.9 Å². The van der Waals surface area contributed by atoms with Crippen LogP contribution in [0.3, 0.4) is 0 Å². The van der Waals surface area contributed by atoms with E-state index in [9.17, 15) is 9.90 Å². The Morgan fingerprint density at radius 3 is 2.50 bits per heavy atom. The van der Waals surface area contributed by atoms with Gasteiger partial charge in [0.25, 0.3) is 0 Å². The minimum absolute atomic E-state index is 0.172. The largest absolute Gasteiger partial charge is 0.456 e. The van der Waals surface area contributed by atoms with E-state index in [-0.39, 0.29) is 5.97 Å². The minimum Gasteiger partial charge on any atom is -0.456 e. The first-order valence-corrected chi connectivity index (χ1v) is 11.4. The molecule has 9 heteroatoms. The highest BCUT2D eigenvalue weighted by atomic mass is 16.5. The monoisotopic (exact) mass is 438 g/mol. The molecule has 1 aromatic heterocycles. The molecule has 2 aromatic rings. The van der Waals surface area contributed by atoms with Crippen LogP contribution in [0.4, 0.5) is 0 Å². The molecule has 9 nitrogen and oxygen atoms in total. The lowest BCUT2D eigenvalue weighted by molar-refractivity contribution is -0.136. The van der Waals surface area contributed by atoms with Gasteiger partial charge in [0.05, 0.1) is 23.1 Å². The second kappa shape index (κ2) is 8.63. The van der Waals surface area contributed by atoms with Gasteiger partial charge in [-0.05, 0) is 67.6 Å². The van der Waals surface area contributed by atoms with E-state index in [1.54, 1.807) is 11.0 Å². The smallest absolute Gasteiger partial charge is 0.335 e. The van der Waals surface area contributed by atoms with E-state index >= 15 is 0 Å². The maximum atomic E-state index is 11.7. The van der Waals surface area contributed by atoms with Crippen molar-refractivity contribution >= 4 is 5.97 Å². The normalized spacial score (nSPS) is 22.4. The first kappa shape index (κ1) is 21.1. The third kappa shape index (κ3) is 4.02. The number of para-hydroxylation sites is 1. The van der Waals surface area contributed by atoms with E-state index in [4.69, 9.17) is 4.74 Å². The van der Waals surface area contributed by atoms with E-state index in [1.165, 1.54) is 0 Å². The molecule has 170 valence electrons. The Kier molecular flexibility index (Phi) is 5.69. The number of piperidine rings is 2. The van der Waals surface area contributed by atoms with Gasteiger partial charge in [0, 0.05) is 25.2 Å². The Balaban J connectivity index is 1.17. The fourth-order valence-corrected chi connectivity index (χ4v) is 5.35. The van der Waals surface area contributed by atoms with Gasteiger partial charge in [0.15, 0.2) is 0 Å². The summed E-state index contributed by atoms with van der Waals surface area (Å²) in [5.41, 5.74) is 3.87. The maximum absolute atomic E-state index is 11.7. The Bertz CT molecular complexity index is 987. The summed E-state index contributed by atoms with van der Waals surface area (Å²) in [6, 6.07) is 7.73. The van der Waals surface area contributed by atoms with Crippen molar-refractivity contribution in [2.75, 3.05) is 39.3 Å². The molecule has 32 heavy (non-hydrogen) atoms. The van der Waals surface area contributed by atoms with Gasteiger partial charge in [-0.25, -0.2) is 9.48 Å². The number of cyclic esters (lactones) is 1. The van der Waals surface area contributed by atoms with Gasteiger partial charge in [-0.1, -0.05) is 18.2 Å². The van der Waals surface area contributed by atoms with Crippen LogP contribution in [-0.2, 0) is 9.53 Å². The number of carbonyl (C=O) groups excluding carboxylic acids is 1. The Morgan fingerprint density at radius 1 is 1.12 bits per heavy atom. The van der Waals surface area contributed by atoms with Crippen LogP contribution in [-0.4, -0.2) is 80.4 Å². The fraction of sp³-hybridized carbons (Fsp3) is 0.565. The number of hydrogen-bond acceptors (Lipinski definition) is 8. The van der Waals surface area contributed by atoms with E-state index in [0.29, 0.717) is 18.6 Å². The number of esters is 1. The third-order valence-electron chi connectivity index (χ3n) is 7.52. The molecule has 1 aromatic carbocycles. The summed E-state index contributed by atoms with van der Waals surface area (Å²) in [5.74, 6) is -0.172. The van der Waals surface area contributed by atoms with E-state index < -0.39 is 6.10 Å². The third-order valence-corrected chi connectivity index (χ3v) is 7.52. The standard InChI is InChI=1S/C23H30N6O3/c1-17-20(15-32-22(17)31)28-12-8-23(9-13-28)6-10-27(11-7-23)14-21(30)18-4-2-3-5-19(18)29-16-24-25-26-29/h2-5,16,21,30H,6-15H2,1H3/t21-/m1/s1. The van der Waals surface area contributed by atoms with Gasteiger partial charge in [-0.3, -0.25) is 0 Å². The molecule has 2 saturated heterocycles. The van der Waals surface area contributed by atoms with Crippen LogP contribution < -0.4 is 0 Å². The van der Waals surface area contributed by atoms with Gasteiger partial charge in [-0.2, -0.15) is 0 Å². The zero-order chi connectivity index (χ0) is 22.1. The Hall–Kier alpha value is -2.78. The molecule has 3 aliphatic rings. The summed E-state index contributed by atoms with van der Waals surface area (Å²) in [6.45, 7) is 6.87. The van der Waals surface area contributed by atoms with Crippen molar-refractivity contribution in [2.24, 2.45) is 5.41 Å². The number of β-amino-alcohol motifs (C(OH)–C–C–N with tert-alkyl or cyclic N) is 1. The lowest BCUT2D eigenvalue weighted by atomic mass is 9.71. The van der Waals surface area contributed by atoms with Crippen molar-refractivity contribution < 1.29 is 14.6 Å². The van der Waals surface area contributed by atoms with Crippen LogP contribution in [0.5, 0.6) is 0 Å². The number of hydrogen-bond donors (Lipinski definition) is 1. The number of tetrazole rings is 1. The first-order chi connectivity index (χ1) is 15.5. The van der Waals surface area contributed by atoms with E-state index in [0.717, 1.165) is 74.4 Å². The van der Waals surface area contributed by atoms with Gasteiger partial charge in [0.2, 0.25) is 0 Å². The molecule has 2 fully saturated rings. The highest BCUT2D eigenvalue weighted by Crippen LogP contribution is 2.42. The molecule has 3 aliphatic heterocycles. The molecule has 4 heterocycles. The number of benzene rings is 1. The van der Waals surface area contributed by atoms with Crippen LogP contribution in [0.1, 0.15) is 44.3 Å². The van der Waals surface area contributed by atoms with Crippen molar-refractivity contribution in [3.8, 4) is 5.69 Å². The summed E-state index contributed by atoms with van der Waals surface area (Å²) in [5, 5.41) is 22.4. The number of ether oxygens (including phenoxy) is 1. The molecular weight excluding hydrogens is 408 g/mol. The lowest BCUT2D eigenvalue weighted by Gasteiger charge is -2.47. The number of aromatic nitrogens is 4. The average Bonchev–Trinajstić information content (AvgIpc) is 3.47. The van der Waals surface area contributed by atoms with E-state index in [1.807, 2.05) is 31.2 Å². The van der Waals surface area contributed by atoms with Crippen molar-refractivity contribution in [3.63, 3.8) is 0 Å². The fourth-order valence-electron chi connectivity index (χ4n) is 5.35. The van der Waals surface area contributed by atoms with Crippen molar-refractivity contribution in [1.29, 1.82) is 0 Å². The highest BCUT2D eigenvalue weighted by Gasteiger charge is 2.39. The van der Waals surface area contributed by atoms with Gasteiger partial charge in [-0.15, -0.1) is 5.10 Å². The molecule has 1 spiro atoms. The topological polar surface area (TPSA) is 96.6 Å². The molecule has 0 aliphatic carbocycles. The van der Waals surface area contributed by atoms with Crippen molar-refractivity contribution in [1.82, 2.24) is 30.0 Å². The predicted molar refractivity (Wildman–Crippen MR) is 117 cm³/mol. The maximum Gasteiger partial charge on any atom is 0.335 e. The molecule has 0 amide bonds. The van der Waals surface area contributed by atoms with Gasteiger partial charge < -0.3 is 19.6 Å².